The summed E-state index contributed by atoms with van der Waals surface area (Å²) < 4.78 is 34.9. The summed E-state index contributed by atoms with van der Waals surface area (Å²) in [6.45, 7) is 5.05. The first-order chi connectivity index (χ1) is 16.4. The molecule has 3 fully saturated rings. The van der Waals surface area contributed by atoms with Gasteiger partial charge in [0.05, 0.1) is 11.0 Å². The molecule has 1 spiro atoms. The first kappa shape index (κ1) is 24.0. The maximum absolute atomic E-state index is 13.5. The molecule has 184 valence electrons. The van der Waals surface area contributed by atoms with Crippen LogP contribution < -0.4 is 4.74 Å². The van der Waals surface area contributed by atoms with Crippen molar-refractivity contribution in [3.63, 3.8) is 0 Å². The Labute approximate surface area is 208 Å². The van der Waals surface area contributed by atoms with Crippen LogP contribution >= 0.6 is 11.6 Å². The zero-order valence-corrected chi connectivity index (χ0v) is 21.4. The topological polar surface area (TPSA) is 62.7 Å². The molecule has 1 unspecified atom stereocenters. The molecule has 8 heteroatoms. The molecular weight excluding hydrogens is 470 g/mol. The molecule has 2 aromatic rings. The van der Waals surface area contributed by atoms with Crippen molar-refractivity contribution in [2.24, 2.45) is 5.41 Å². The van der Waals surface area contributed by atoms with Gasteiger partial charge in [0.15, 0.2) is 0 Å². The van der Waals surface area contributed by atoms with Gasteiger partial charge in [-0.05, 0) is 93.7 Å². The van der Waals surface area contributed by atoms with Gasteiger partial charge >= 0.3 is 0 Å². The lowest BCUT2D eigenvalue weighted by Gasteiger charge is -2.41. The summed E-state index contributed by atoms with van der Waals surface area (Å²) >= 11 is 6.24. The molecule has 1 aromatic carbocycles. The Kier molecular flexibility index (Phi) is 6.90. The van der Waals surface area contributed by atoms with Gasteiger partial charge < -0.3 is 4.74 Å². The van der Waals surface area contributed by atoms with Gasteiger partial charge in [-0.3, -0.25) is 9.88 Å². The number of hydrogen-bond donors (Lipinski definition) is 0. The molecule has 3 aliphatic rings. The Balaban J connectivity index is 1.20. The lowest BCUT2D eigenvalue weighted by molar-refractivity contribution is 0.0840. The second-order valence-corrected chi connectivity index (χ2v) is 12.6. The SMILES string of the molecule is Cc1c(Cl)cccc1S(=O)(=O)N1CCCC2(CCN([C@H]3CC[C@@H](Oc4ccncc4)CC3)C2)C1. The number of pyridine rings is 1. The fourth-order valence-corrected chi connectivity index (χ4v) is 8.20. The van der Waals surface area contributed by atoms with Crippen molar-refractivity contribution in [1.82, 2.24) is 14.2 Å². The predicted molar refractivity (Wildman–Crippen MR) is 134 cm³/mol. The quantitative estimate of drug-likeness (QED) is 0.580. The Morgan fingerprint density at radius 2 is 1.79 bits per heavy atom. The predicted octanol–water partition coefficient (Wildman–Crippen LogP) is 4.91. The smallest absolute Gasteiger partial charge is 0.243 e. The van der Waals surface area contributed by atoms with Gasteiger partial charge in [0, 0.05) is 43.1 Å². The Morgan fingerprint density at radius 1 is 1.03 bits per heavy atom. The summed E-state index contributed by atoms with van der Waals surface area (Å²) in [5.74, 6) is 0.900. The molecule has 0 N–H and O–H groups in total. The molecule has 1 saturated carbocycles. The van der Waals surface area contributed by atoms with Crippen molar-refractivity contribution in [3.8, 4) is 5.75 Å². The van der Waals surface area contributed by atoms with Crippen LogP contribution in [0, 0.1) is 12.3 Å². The van der Waals surface area contributed by atoms with Crippen molar-refractivity contribution in [3.05, 3.63) is 53.3 Å². The van der Waals surface area contributed by atoms with Crippen LogP contribution in [0.4, 0.5) is 0 Å². The van der Waals surface area contributed by atoms with Gasteiger partial charge in [-0.25, -0.2) is 8.42 Å². The van der Waals surface area contributed by atoms with Crippen LogP contribution in [0.15, 0.2) is 47.6 Å². The highest BCUT2D eigenvalue weighted by Crippen LogP contribution is 2.43. The van der Waals surface area contributed by atoms with Crippen molar-refractivity contribution >= 4 is 21.6 Å². The third-order valence-electron chi connectivity index (χ3n) is 8.04. The van der Waals surface area contributed by atoms with E-state index in [1.54, 1.807) is 41.8 Å². The average Bonchev–Trinajstić information content (AvgIpc) is 3.25. The average molecular weight is 504 g/mol. The molecule has 0 amide bonds. The summed E-state index contributed by atoms with van der Waals surface area (Å²) in [6.07, 6.45) is 11.3. The van der Waals surface area contributed by atoms with E-state index >= 15 is 0 Å². The number of nitrogens with zero attached hydrogens (tertiary/aromatic N) is 3. The number of ether oxygens (including phenoxy) is 1. The van der Waals surface area contributed by atoms with Crippen LogP contribution in [0.3, 0.4) is 0 Å². The Morgan fingerprint density at radius 3 is 2.56 bits per heavy atom. The number of sulfonamides is 1. The standard InChI is InChI=1S/C26H34ClN3O3S/c1-20-24(27)4-2-5-25(20)34(31,32)30-16-3-12-26(19-30)13-17-29(18-26)21-6-8-22(9-7-21)33-23-10-14-28-15-11-23/h2,4-5,10-11,14-15,21-22H,3,6-9,12-13,16-19H2,1H3/t21-,22+,26?. The number of benzene rings is 1. The van der Waals surface area contributed by atoms with E-state index < -0.39 is 10.0 Å². The molecular formula is C26H34ClN3O3S. The van der Waals surface area contributed by atoms with Gasteiger partial charge in [-0.2, -0.15) is 4.31 Å². The van der Waals surface area contributed by atoms with Crippen molar-refractivity contribution in [2.75, 3.05) is 26.2 Å². The maximum atomic E-state index is 13.5. The largest absolute Gasteiger partial charge is 0.490 e. The minimum Gasteiger partial charge on any atom is -0.490 e. The number of rotatable bonds is 5. The molecule has 0 radical (unpaired) electrons. The Bertz CT molecular complexity index is 1110. The van der Waals surface area contributed by atoms with E-state index in [1.807, 2.05) is 12.1 Å². The van der Waals surface area contributed by atoms with E-state index in [4.69, 9.17) is 16.3 Å². The molecule has 1 aliphatic carbocycles. The van der Waals surface area contributed by atoms with Gasteiger partial charge in [0.2, 0.25) is 10.0 Å². The number of hydrogen-bond acceptors (Lipinski definition) is 5. The highest BCUT2D eigenvalue weighted by atomic mass is 35.5. The van der Waals surface area contributed by atoms with Gasteiger partial charge in [-0.1, -0.05) is 17.7 Å². The maximum Gasteiger partial charge on any atom is 0.243 e. The third-order valence-corrected chi connectivity index (χ3v) is 10.4. The molecule has 3 heterocycles. The first-order valence-electron chi connectivity index (χ1n) is 12.4. The summed E-state index contributed by atoms with van der Waals surface area (Å²) in [6, 6.07) is 9.57. The van der Waals surface area contributed by atoms with Crippen LogP contribution in [0.5, 0.6) is 5.75 Å². The normalized spacial score (nSPS) is 28.9. The summed E-state index contributed by atoms with van der Waals surface area (Å²) in [7, 11) is -3.55. The number of piperidine rings is 1. The molecule has 5 rings (SSSR count). The summed E-state index contributed by atoms with van der Waals surface area (Å²) in [5, 5.41) is 0.503. The van der Waals surface area contributed by atoms with Crippen molar-refractivity contribution < 1.29 is 13.2 Å². The van der Waals surface area contributed by atoms with Gasteiger partial charge in [0.25, 0.3) is 0 Å². The van der Waals surface area contributed by atoms with Crippen LogP contribution in [-0.2, 0) is 10.0 Å². The molecule has 34 heavy (non-hydrogen) atoms. The first-order valence-corrected chi connectivity index (χ1v) is 14.2. The van der Waals surface area contributed by atoms with E-state index in [2.05, 4.69) is 9.88 Å². The van der Waals surface area contributed by atoms with Crippen LogP contribution in [-0.4, -0.2) is 60.9 Å². The van der Waals surface area contributed by atoms with E-state index in [0.29, 0.717) is 34.6 Å². The van der Waals surface area contributed by atoms with E-state index in [1.165, 1.54) is 0 Å². The molecule has 2 saturated heterocycles. The fourth-order valence-electron chi connectivity index (χ4n) is 6.13. The fraction of sp³-hybridized carbons (Fsp3) is 0.577. The van der Waals surface area contributed by atoms with E-state index in [9.17, 15) is 8.42 Å². The summed E-state index contributed by atoms with van der Waals surface area (Å²) in [4.78, 5) is 7.03. The molecule has 2 aliphatic heterocycles. The highest BCUT2D eigenvalue weighted by Gasteiger charge is 2.46. The van der Waals surface area contributed by atoms with Crippen LogP contribution in [0.2, 0.25) is 5.02 Å². The zero-order chi connectivity index (χ0) is 23.8. The summed E-state index contributed by atoms with van der Waals surface area (Å²) in [5.41, 5.74) is 0.699. The minimum absolute atomic E-state index is 0.0577. The molecule has 6 nitrogen and oxygen atoms in total. The minimum atomic E-state index is -3.55. The molecule has 1 aromatic heterocycles. The van der Waals surface area contributed by atoms with Crippen molar-refractivity contribution in [2.45, 2.75) is 68.9 Å². The van der Waals surface area contributed by atoms with Crippen LogP contribution in [0.1, 0.15) is 50.5 Å². The van der Waals surface area contributed by atoms with Gasteiger partial charge in [-0.15, -0.1) is 0 Å². The zero-order valence-electron chi connectivity index (χ0n) is 19.8. The molecule has 0 bridgehead atoms. The van der Waals surface area contributed by atoms with Gasteiger partial charge in [0.1, 0.15) is 5.75 Å². The third kappa shape index (κ3) is 4.85. The number of aromatic nitrogens is 1. The Hall–Kier alpha value is -1.67. The monoisotopic (exact) mass is 503 g/mol. The van der Waals surface area contributed by atoms with E-state index in [0.717, 1.165) is 63.8 Å². The number of likely N-dealkylation sites (tertiary alicyclic amines) is 1. The van der Waals surface area contributed by atoms with Crippen LogP contribution in [0.25, 0.3) is 0 Å². The number of halogens is 1. The molecule has 1 atom stereocenters. The second kappa shape index (κ2) is 9.76. The lowest BCUT2D eigenvalue weighted by atomic mass is 9.80. The second-order valence-electron chi connectivity index (χ2n) is 10.3. The van der Waals surface area contributed by atoms with E-state index in [-0.39, 0.29) is 11.5 Å². The van der Waals surface area contributed by atoms with Crippen molar-refractivity contribution in [1.29, 1.82) is 0 Å². The lowest BCUT2D eigenvalue weighted by Crippen LogP contribution is -2.48. The highest BCUT2D eigenvalue weighted by molar-refractivity contribution is 7.89.